The first-order valence-electron chi connectivity index (χ1n) is 2.90. The molecule has 0 radical (unpaired) electrons. The summed E-state index contributed by atoms with van der Waals surface area (Å²) in [6.07, 6.45) is 7.41. The Bertz CT molecular complexity index is 62.8. The zero-order chi connectivity index (χ0) is 5.11. The molecule has 0 bridgehead atoms. The molecule has 1 rings (SSSR count). The summed E-state index contributed by atoms with van der Waals surface area (Å²) >= 11 is 0. The molecule has 0 saturated heterocycles. The van der Waals surface area contributed by atoms with Gasteiger partial charge in [-0.05, 0) is 0 Å². The summed E-state index contributed by atoms with van der Waals surface area (Å²) in [5, 5.41) is 0. The van der Waals surface area contributed by atoms with Gasteiger partial charge < -0.3 is 0 Å². The fourth-order valence-corrected chi connectivity index (χ4v) is 1.03. The van der Waals surface area contributed by atoms with E-state index in [1.165, 1.54) is 25.7 Å². The van der Waals surface area contributed by atoms with Gasteiger partial charge in [-0.3, -0.25) is 0 Å². The van der Waals surface area contributed by atoms with Crippen LogP contribution in [0, 0.1) is 5.92 Å². The van der Waals surface area contributed by atoms with E-state index in [1.54, 1.807) is 5.92 Å². The van der Waals surface area contributed by atoms with Crippen molar-refractivity contribution in [1.82, 2.24) is 0 Å². The van der Waals surface area contributed by atoms with E-state index in [0.717, 1.165) is 0 Å². The van der Waals surface area contributed by atoms with Crippen LogP contribution >= 0.6 is 0 Å². The second kappa shape index (κ2) is 4.12. The van der Waals surface area contributed by atoms with E-state index in [0.29, 0.717) is 0 Å². The zero-order valence-corrected chi connectivity index (χ0v) is 5.61. The topological polar surface area (TPSA) is 0 Å². The largest absolute Gasteiger partial charge is 1.00 e. The molecule has 0 heterocycles. The Balaban J connectivity index is 0.000000490. The van der Waals surface area contributed by atoms with Crippen LogP contribution in [0.25, 0.3) is 0 Å². The van der Waals surface area contributed by atoms with Crippen LogP contribution in [0.4, 0.5) is 0 Å². The van der Waals surface area contributed by atoms with Crippen LogP contribution in [0.2, 0.25) is 0 Å². The Morgan fingerprint density at radius 2 is 1.75 bits per heavy atom. The van der Waals surface area contributed by atoms with Crippen LogP contribution in [0.5, 0.6) is 0 Å². The van der Waals surface area contributed by atoms with Crippen molar-refractivity contribution in [3.05, 3.63) is 18.6 Å². The van der Waals surface area contributed by atoms with Gasteiger partial charge in [-0.2, -0.15) is 0 Å². The second-order valence-electron chi connectivity index (χ2n) is 2.07. The van der Waals surface area contributed by atoms with E-state index in [9.17, 15) is 0 Å². The Hall–Kier alpha value is 0.207. The first kappa shape index (κ1) is 8.21. The normalized spacial score (nSPS) is 17.8. The van der Waals surface area contributed by atoms with Crippen molar-refractivity contribution in [1.29, 1.82) is 0 Å². The molecule has 0 aromatic rings. The molecular formula is C7H11Li. The van der Waals surface area contributed by atoms with Crippen LogP contribution in [0.1, 0.15) is 25.7 Å². The standard InChI is InChI=1S/C7H11.Li/c1-2-7-5-3-4-6-7;/h2H,1,3-6H2;/q-1;+1. The van der Waals surface area contributed by atoms with Crippen LogP contribution in [-0.2, 0) is 0 Å². The van der Waals surface area contributed by atoms with Gasteiger partial charge in [-0.1, -0.05) is 25.7 Å². The van der Waals surface area contributed by atoms with E-state index >= 15 is 0 Å². The Labute approximate surface area is 63.5 Å². The van der Waals surface area contributed by atoms with Crippen LogP contribution in [0.15, 0.2) is 12.7 Å². The first-order valence-corrected chi connectivity index (χ1v) is 2.90. The predicted molar refractivity (Wildman–Crippen MR) is 31.9 cm³/mol. The SMILES string of the molecule is C=C[C-]1CCCC1.[Li+]. The van der Waals surface area contributed by atoms with Gasteiger partial charge in [0.05, 0.1) is 0 Å². The summed E-state index contributed by atoms with van der Waals surface area (Å²) in [6, 6.07) is 0. The van der Waals surface area contributed by atoms with Crippen molar-refractivity contribution in [2.75, 3.05) is 0 Å². The second-order valence-corrected chi connectivity index (χ2v) is 2.07. The molecule has 0 nitrogen and oxygen atoms in total. The van der Waals surface area contributed by atoms with Gasteiger partial charge in [0.2, 0.25) is 0 Å². The van der Waals surface area contributed by atoms with E-state index < -0.39 is 0 Å². The van der Waals surface area contributed by atoms with Crippen molar-refractivity contribution in [3.63, 3.8) is 0 Å². The summed E-state index contributed by atoms with van der Waals surface area (Å²) in [5.41, 5.74) is 0. The van der Waals surface area contributed by atoms with Gasteiger partial charge in [0.25, 0.3) is 0 Å². The molecule has 1 heteroatoms. The summed E-state index contributed by atoms with van der Waals surface area (Å²) in [7, 11) is 0. The summed E-state index contributed by atoms with van der Waals surface area (Å²) in [6.45, 7) is 3.71. The minimum atomic E-state index is 0. The molecule has 1 aliphatic carbocycles. The number of hydrogen-bond acceptors (Lipinski definition) is 0. The van der Waals surface area contributed by atoms with Crippen molar-refractivity contribution < 1.29 is 18.9 Å². The van der Waals surface area contributed by atoms with Gasteiger partial charge in [-0.15, -0.1) is 0 Å². The van der Waals surface area contributed by atoms with Crippen molar-refractivity contribution >= 4 is 0 Å². The fourth-order valence-electron chi connectivity index (χ4n) is 1.03. The van der Waals surface area contributed by atoms with E-state index in [4.69, 9.17) is 0 Å². The molecule has 0 spiro atoms. The fraction of sp³-hybridized carbons (Fsp3) is 0.571. The summed E-state index contributed by atoms with van der Waals surface area (Å²) < 4.78 is 0. The molecule has 0 N–H and O–H groups in total. The predicted octanol–water partition coefficient (Wildman–Crippen LogP) is -0.675. The van der Waals surface area contributed by atoms with Crippen molar-refractivity contribution in [2.45, 2.75) is 25.7 Å². The third-order valence-corrected chi connectivity index (χ3v) is 1.53. The molecule has 0 atom stereocenters. The van der Waals surface area contributed by atoms with Gasteiger partial charge in [0, 0.05) is 0 Å². The Morgan fingerprint density at radius 1 is 1.25 bits per heavy atom. The molecule has 0 aliphatic heterocycles. The molecule has 8 heavy (non-hydrogen) atoms. The minimum absolute atomic E-state index is 0. The molecule has 0 unspecified atom stereocenters. The third kappa shape index (κ3) is 1.99. The third-order valence-electron chi connectivity index (χ3n) is 1.53. The van der Waals surface area contributed by atoms with Crippen LogP contribution < -0.4 is 18.9 Å². The Morgan fingerprint density at radius 3 is 2.00 bits per heavy atom. The smallest absolute Gasteiger partial charge is 0.245 e. The van der Waals surface area contributed by atoms with Crippen LogP contribution in [0.3, 0.4) is 0 Å². The molecule has 0 amide bonds. The molecular weight excluding hydrogens is 91.0 g/mol. The molecule has 40 valence electrons. The maximum Gasteiger partial charge on any atom is 1.00 e. The van der Waals surface area contributed by atoms with Gasteiger partial charge in [0.1, 0.15) is 0 Å². The average Bonchev–Trinajstić information content (AvgIpc) is 2.14. The van der Waals surface area contributed by atoms with E-state index in [2.05, 4.69) is 6.58 Å². The monoisotopic (exact) mass is 102 g/mol. The minimum Gasteiger partial charge on any atom is -0.245 e. The number of rotatable bonds is 1. The molecule has 1 saturated carbocycles. The average molecular weight is 102 g/mol. The van der Waals surface area contributed by atoms with Crippen molar-refractivity contribution in [2.24, 2.45) is 0 Å². The maximum absolute atomic E-state index is 3.71. The zero-order valence-electron chi connectivity index (χ0n) is 5.61. The van der Waals surface area contributed by atoms with E-state index in [-0.39, 0.29) is 18.9 Å². The van der Waals surface area contributed by atoms with Crippen molar-refractivity contribution in [3.8, 4) is 0 Å². The molecule has 0 aromatic carbocycles. The van der Waals surface area contributed by atoms with Gasteiger partial charge in [-0.25, -0.2) is 18.6 Å². The maximum atomic E-state index is 3.71. The van der Waals surface area contributed by atoms with Gasteiger partial charge >= 0.3 is 18.9 Å². The Kier molecular flexibility index (Phi) is 4.23. The van der Waals surface area contributed by atoms with E-state index in [1.807, 2.05) is 6.08 Å². The quantitative estimate of drug-likeness (QED) is 0.304. The number of hydrogen-bond donors (Lipinski definition) is 0. The molecule has 0 aromatic heterocycles. The number of allylic oxidation sites excluding steroid dienone is 1. The summed E-state index contributed by atoms with van der Waals surface area (Å²) in [4.78, 5) is 0. The first-order chi connectivity index (χ1) is 3.43. The van der Waals surface area contributed by atoms with Gasteiger partial charge in [0.15, 0.2) is 0 Å². The summed E-state index contributed by atoms with van der Waals surface area (Å²) in [5.74, 6) is 1.56. The van der Waals surface area contributed by atoms with Crippen LogP contribution in [-0.4, -0.2) is 0 Å². The molecule has 1 fully saturated rings. The molecule has 1 aliphatic rings.